The average Bonchev–Trinajstić information content (AvgIpc) is 3.25. The van der Waals surface area contributed by atoms with Crippen molar-refractivity contribution in [3.05, 3.63) is 77.0 Å². The molecular formula is C21H18F4N4O. The van der Waals surface area contributed by atoms with Gasteiger partial charge in [-0.15, -0.1) is 0 Å². The highest BCUT2D eigenvalue weighted by molar-refractivity contribution is 5.95. The van der Waals surface area contributed by atoms with Crippen molar-refractivity contribution in [1.82, 2.24) is 20.8 Å². The standard InChI is InChI=1S/C21H18F4N4O/c22-14-2-1-11(7-15(14)23)13-3-5-26-10-19(13)28-21(30)20-16(24)8-12(9-17(20)25)18-4-6-27-29-18/h1-2,4,6-9,13,19,26H,3,5,10H2,(H,27,29)(H,28,30)/t13-,19+/m0/s1. The summed E-state index contributed by atoms with van der Waals surface area (Å²) in [6, 6.07) is 6.67. The summed E-state index contributed by atoms with van der Waals surface area (Å²) in [7, 11) is 0. The lowest BCUT2D eigenvalue weighted by Crippen LogP contribution is -2.50. The van der Waals surface area contributed by atoms with E-state index in [1.807, 2.05) is 0 Å². The van der Waals surface area contributed by atoms with Crippen molar-refractivity contribution < 1.29 is 22.4 Å². The van der Waals surface area contributed by atoms with Crippen molar-refractivity contribution in [2.24, 2.45) is 0 Å². The summed E-state index contributed by atoms with van der Waals surface area (Å²) in [5.74, 6) is -5.21. The van der Waals surface area contributed by atoms with E-state index in [4.69, 9.17) is 0 Å². The fraction of sp³-hybridized carbons (Fsp3) is 0.238. The van der Waals surface area contributed by atoms with Crippen molar-refractivity contribution in [3.8, 4) is 11.3 Å². The second kappa shape index (κ2) is 8.27. The molecule has 3 aromatic rings. The summed E-state index contributed by atoms with van der Waals surface area (Å²) < 4.78 is 56.1. The molecule has 2 aromatic carbocycles. The van der Waals surface area contributed by atoms with E-state index >= 15 is 0 Å². The number of hydrogen-bond donors (Lipinski definition) is 3. The van der Waals surface area contributed by atoms with E-state index in [1.54, 1.807) is 6.07 Å². The molecule has 0 radical (unpaired) electrons. The summed E-state index contributed by atoms with van der Waals surface area (Å²) in [4.78, 5) is 12.7. The molecule has 5 nitrogen and oxygen atoms in total. The van der Waals surface area contributed by atoms with Gasteiger partial charge < -0.3 is 10.6 Å². The maximum Gasteiger partial charge on any atom is 0.257 e. The van der Waals surface area contributed by atoms with E-state index in [1.165, 1.54) is 12.3 Å². The van der Waals surface area contributed by atoms with Gasteiger partial charge in [-0.1, -0.05) is 6.07 Å². The van der Waals surface area contributed by atoms with Crippen LogP contribution < -0.4 is 10.6 Å². The second-order valence-corrected chi connectivity index (χ2v) is 7.14. The van der Waals surface area contributed by atoms with Crippen LogP contribution in [0.3, 0.4) is 0 Å². The number of aromatic amines is 1. The Hall–Kier alpha value is -3.20. The number of carbonyl (C=O) groups excluding carboxylic acids is 1. The van der Waals surface area contributed by atoms with Crippen molar-refractivity contribution >= 4 is 5.91 Å². The fourth-order valence-corrected chi connectivity index (χ4v) is 3.75. The molecule has 2 heterocycles. The quantitative estimate of drug-likeness (QED) is 0.568. The van der Waals surface area contributed by atoms with Crippen molar-refractivity contribution in [2.45, 2.75) is 18.4 Å². The molecule has 156 valence electrons. The van der Waals surface area contributed by atoms with E-state index in [2.05, 4.69) is 20.8 Å². The highest BCUT2D eigenvalue weighted by Gasteiger charge is 2.30. The van der Waals surface area contributed by atoms with E-state index < -0.39 is 40.8 Å². The Bertz CT molecular complexity index is 1050. The molecule has 2 atom stereocenters. The molecule has 0 bridgehead atoms. The monoisotopic (exact) mass is 418 g/mol. The molecule has 1 aromatic heterocycles. The highest BCUT2D eigenvalue weighted by atomic mass is 19.2. The van der Waals surface area contributed by atoms with Gasteiger partial charge in [0.1, 0.15) is 17.2 Å². The van der Waals surface area contributed by atoms with Crippen LogP contribution in [0.5, 0.6) is 0 Å². The Morgan fingerprint density at radius 1 is 1.00 bits per heavy atom. The topological polar surface area (TPSA) is 69.8 Å². The Balaban J connectivity index is 1.58. The third-order valence-electron chi connectivity index (χ3n) is 5.25. The molecule has 0 unspecified atom stereocenters. The highest BCUT2D eigenvalue weighted by Crippen LogP contribution is 2.28. The van der Waals surface area contributed by atoms with Crippen LogP contribution in [0.4, 0.5) is 17.6 Å². The van der Waals surface area contributed by atoms with Crippen LogP contribution in [0.25, 0.3) is 11.3 Å². The lowest BCUT2D eigenvalue weighted by Gasteiger charge is -2.33. The lowest BCUT2D eigenvalue weighted by atomic mass is 9.85. The van der Waals surface area contributed by atoms with Crippen molar-refractivity contribution in [1.29, 1.82) is 0 Å². The predicted octanol–water partition coefficient (Wildman–Crippen LogP) is 3.51. The normalized spacial score (nSPS) is 18.9. The number of halogens is 4. The number of piperidine rings is 1. The number of nitrogens with zero attached hydrogens (tertiary/aromatic N) is 1. The number of aromatic nitrogens is 2. The minimum absolute atomic E-state index is 0.220. The minimum Gasteiger partial charge on any atom is -0.347 e. The van der Waals surface area contributed by atoms with Gasteiger partial charge in [-0.3, -0.25) is 9.89 Å². The van der Waals surface area contributed by atoms with Gasteiger partial charge in [0.25, 0.3) is 5.91 Å². The van der Waals surface area contributed by atoms with Crippen LogP contribution in [-0.2, 0) is 0 Å². The number of benzene rings is 2. The molecule has 0 spiro atoms. The first-order valence-electron chi connectivity index (χ1n) is 9.39. The van der Waals surface area contributed by atoms with Crippen molar-refractivity contribution in [3.63, 3.8) is 0 Å². The molecule has 9 heteroatoms. The van der Waals surface area contributed by atoms with Gasteiger partial charge in [0.2, 0.25) is 0 Å². The number of nitrogens with one attached hydrogen (secondary N) is 3. The Morgan fingerprint density at radius 3 is 2.43 bits per heavy atom. The zero-order valence-corrected chi connectivity index (χ0v) is 15.7. The first-order chi connectivity index (χ1) is 14.4. The molecular weight excluding hydrogens is 400 g/mol. The van der Waals surface area contributed by atoms with Gasteiger partial charge >= 0.3 is 0 Å². The van der Waals surface area contributed by atoms with Crippen LogP contribution in [0.15, 0.2) is 42.6 Å². The molecule has 3 N–H and O–H groups in total. The summed E-state index contributed by atoms with van der Waals surface area (Å²) in [6.07, 6.45) is 1.99. The zero-order chi connectivity index (χ0) is 21.3. The van der Waals surface area contributed by atoms with Gasteiger partial charge in [0.15, 0.2) is 11.6 Å². The Labute approximate surface area is 169 Å². The molecule has 1 aliphatic rings. The predicted molar refractivity (Wildman–Crippen MR) is 102 cm³/mol. The molecule has 4 rings (SSSR count). The molecule has 30 heavy (non-hydrogen) atoms. The van der Waals surface area contributed by atoms with Crippen LogP contribution in [-0.4, -0.2) is 35.2 Å². The molecule has 1 aliphatic heterocycles. The first-order valence-corrected chi connectivity index (χ1v) is 9.39. The van der Waals surface area contributed by atoms with Crippen LogP contribution >= 0.6 is 0 Å². The van der Waals surface area contributed by atoms with Crippen molar-refractivity contribution in [2.75, 3.05) is 13.1 Å². The number of rotatable bonds is 4. The molecule has 1 amide bonds. The summed E-state index contributed by atoms with van der Waals surface area (Å²) in [5, 5.41) is 12.1. The molecule has 1 saturated heterocycles. The second-order valence-electron chi connectivity index (χ2n) is 7.14. The van der Waals surface area contributed by atoms with Gasteiger partial charge in [-0.05, 0) is 48.9 Å². The zero-order valence-electron chi connectivity index (χ0n) is 15.7. The molecule has 0 saturated carbocycles. The summed E-state index contributed by atoms with van der Waals surface area (Å²) in [6.45, 7) is 0.933. The maximum absolute atomic E-state index is 14.6. The van der Waals surface area contributed by atoms with Crippen LogP contribution in [0.1, 0.15) is 28.3 Å². The Morgan fingerprint density at radius 2 is 1.77 bits per heavy atom. The smallest absolute Gasteiger partial charge is 0.257 e. The van der Waals surface area contributed by atoms with E-state index in [0.29, 0.717) is 30.8 Å². The fourth-order valence-electron chi connectivity index (χ4n) is 3.75. The van der Waals surface area contributed by atoms with Crippen LogP contribution in [0, 0.1) is 23.3 Å². The van der Waals surface area contributed by atoms with E-state index in [0.717, 1.165) is 24.3 Å². The van der Waals surface area contributed by atoms with E-state index in [-0.39, 0.29) is 11.5 Å². The average molecular weight is 418 g/mol. The van der Waals surface area contributed by atoms with E-state index in [9.17, 15) is 22.4 Å². The van der Waals surface area contributed by atoms with Gasteiger partial charge in [0.05, 0.1) is 5.69 Å². The first kappa shape index (κ1) is 20.1. The summed E-state index contributed by atoms with van der Waals surface area (Å²) in [5.41, 5.74) is 0.441. The summed E-state index contributed by atoms with van der Waals surface area (Å²) >= 11 is 0. The third-order valence-corrected chi connectivity index (χ3v) is 5.25. The molecule has 1 fully saturated rings. The number of H-pyrrole nitrogens is 1. The SMILES string of the molecule is O=C(N[C@@H]1CNCC[C@H]1c1ccc(F)c(F)c1)c1c(F)cc(-c2ccn[nH]2)cc1F. The van der Waals surface area contributed by atoms with Gasteiger partial charge in [-0.25, -0.2) is 17.6 Å². The van der Waals surface area contributed by atoms with Crippen LogP contribution in [0.2, 0.25) is 0 Å². The lowest BCUT2D eigenvalue weighted by molar-refractivity contribution is 0.0916. The van der Waals surface area contributed by atoms with Gasteiger partial charge in [0, 0.05) is 30.3 Å². The number of amides is 1. The third kappa shape index (κ3) is 3.93. The van der Waals surface area contributed by atoms with Gasteiger partial charge in [-0.2, -0.15) is 5.10 Å². The molecule has 0 aliphatic carbocycles. The maximum atomic E-state index is 14.6. The number of hydrogen-bond acceptors (Lipinski definition) is 3. The largest absolute Gasteiger partial charge is 0.347 e. The Kier molecular flexibility index (Phi) is 5.54. The minimum atomic E-state index is -1.01. The number of carbonyl (C=O) groups is 1.